The summed E-state index contributed by atoms with van der Waals surface area (Å²) >= 11 is 0. The van der Waals surface area contributed by atoms with E-state index in [2.05, 4.69) is 10.3 Å². The van der Waals surface area contributed by atoms with Gasteiger partial charge in [0.05, 0.1) is 0 Å². The topological polar surface area (TPSA) is 29.9 Å². The zero-order valence-electron chi connectivity index (χ0n) is 9.33. The van der Waals surface area contributed by atoms with Crippen molar-refractivity contribution in [1.82, 2.24) is 14.9 Å². The van der Waals surface area contributed by atoms with Crippen molar-refractivity contribution in [3.05, 3.63) is 18.2 Å². The summed E-state index contributed by atoms with van der Waals surface area (Å²) in [4.78, 5) is 4.12. The maximum atomic E-state index is 14.7. The van der Waals surface area contributed by atoms with E-state index >= 15 is 0 Å². The van der Waals surface area contributed by atoms with E-state index in [1.165, 1.54) is 0 Å². The normalized spacial score (nSPS) is 26.2. The summed E-state index contributed by atoms with van der Waals surface area (Å²) in [5.41, 5.74) is -1.33. The van der Waals surface area contributed by atoms with Crippen LogP contribution in [0, 0.1) is 5.92 Å². The zero-order chi connectivity index (χ0) is 10.9. The van der Waals surface area contributed by atoms with Crippen molar-refractivity contribution in [3.63, 3.8) is 0 Å². The van der Waals surface area contributed by atoms with Crippen LogP contribution in [0.25, 0.3) is 0 Å². The van der Waals surface area contributed by atoms with Gasteiger partial charge in [-0.25, -0.2) is 9.37 Å². The van der Waals surface area contributed by atoms with Crippen LogP contribution in [0.1, 0.15) is 25.6 Å². The van der Waals surface area contributed by atoms with Crippen molar-refractivity contribution < 1.29 is 4.39 Å². The Hall–Kier alpha value is -0.900. The van der Waals surface area contributed by atoms with Crippen molar-refractivity contribution in [2.75, 3.05) is 13.1 Å². The van der Waals surface area contributed by atoms with E-state index in [9.17, 15) is 4.39 Å². The van der Waals surface area contributed by atoms with Gasteiger partial charge in [0.1, 0.15) is 5.82 Å². The number of piperidine rings is 1. The summed E-state index contributed by atoms with van der Waals surface area (Å²) in [6.45, 7) is 3.40. The highest BCUT2D eigenvalue weighted by Crippen LogP contribution is 2.35. The first-order valence-electron chi connectivity index (χ1n) is 5.50. The number of hydrogen-bond acceptors (Lipinski definition) is 2. The third-order valence-corrected chi connectivity index (χ3v) is 3.32. The molecule has 0 aromatic carbocycles. The molecule has 4 heteroatoms. The molecule has 0 amide bonds. The first-order chi connectivity index (χ1) is 7.12. The van der Waals surface area contributed by atoms with E-state index in [-0.39, 0.29) is 5.92 Å². The number of alkyl halides is 1. The summed E-state index contributed by atoms with van der Waals surface area (Å²) in [6.07, 6.45) is 5.44. The predicted molar refractivity (Wildman–Crippen MR) is 57.3 cm³/mol. The summed E-state index contributed by atoms with van der Waals surface area (Å²) in [5.74, 6) is 0.573. The number of aryl methyl sites for hydroxylation is 1. The Morgan fingerprint density at radius 3 is 3.00 bits per heavy atom. The molecule has 1 aliphatic heterocycles. The molecule has 0 radical (unpaired) electrons. The van der Waals surface area contributed by atoms with Crippen molar-refractivity contribution >= 4 is 0 Å². The van der Waals surface area contributed by atoms with Gasteiger partial charge in [0.25, 0.3) is 0 Å². The van der Waals surface area contributed by atoms with Crippen LogP contribution in [0.3, 0.4) is 0 Å². The van der Waals surface area contributed by atoms with E-state index < -0.39 is 5.67 Å². The second kappa shape index (κ2) is 3.93. The summed E-state index contributed by atoms with van der Waals surface area (Å²) < 4.78 is 16.5. The molecular formula is C11H18FN3. The molecule has 3 nitrogen and oxygen atoms in total. The Morgan fingerprint density at radius 1 is 1.67 bits per heavy atom. The third-order valence-electron chi connectivity index (χ3n) is 3.32. The van der Waals surface area contributed by atoms with Crippen molar-refractivity contribution in [3.8, 4) is 0 Å². The summed E-state index contributed by atoms with van der Waals surface area (Å²) in [7, 11) is 1.84. The van der Waals surface area contributed by atoms with Gasteiger partial charge in [-0.05, 0) is 26.3 Å². The molecule has 1 fully saturated rings. The number of halogens is 1. The molecule has 0 bridgehead atoms. The standard InChI is InChI=1S/C11H18FN3/c1-11(12,9-4-3-5-13-8-9)10-14-6-7-15(10)2/h6-7,9,13H,3-5,8H2,1-2H3. The largest absolute Gasteiger partial charge is 0.335 e. The monoisotopic (exact) mass is 211 g/mol. The van der Waals surface area contributed by atoms with E-state index in [4.69, 9.17) is 0 Å². The quantitative estimate of drug-likeness (QED) is 0.805. The van der Waals surface area contributed by atoms with Crippen molar-refractivity contribution in [2.45, 2.75) is 25.4 Å². The average molecular weight is 211 g/mol. The molecule has 2 heterocycles. The third kappa shape index (κ3) is 1.91. The van der Waals surface area contributed by atoms with E-state index in [0.717, 1.165) is 25.9 Å². The van der Waals surface area contributed by atoms with Gasteiger partial charge in [-0.2, -0.15) is 0 Å². The van der Waals surface area contributed by atoms with Crippen molar-refractivity contribution in [1.29, 1.82) is 0 Å². The smallest absolute Gasteiger partial charge is 0.169 e. The van der Waals surface area contributed by atoms with Gasteiger partial charge >= 0.3 is 0 Å². The first kappa shape index (κ1) is 10.6. The molecule has 1 aliphatic rings. The lowest BCUT2D eigenvalue weighted by atomic mass is 9.84. The highest BCUT2D eigenvalue weighted by atomic mass is 19.1. The molecule has 1 aromatic heterocycles. The van der Waals surface area contributed by atoms with E-state index in [1.807, 2.05) is 7.05 Å². The molecule has 1 saturated heterocycles. The van der Waals surface area contributed by atoms with Crippen molar-refractivity contribution in [2.24, 2.45) is 13.0 Å². The molecule has 2 atom stereocenters. The molecule has 84 valence electrons. The molecule has 1 aromatic rings. The molecular weight excluding hydrogens is 193 g/mol. The number of rotatable bonds is 2. The van der Waals surface area contributed by atoms with E-state index in [1.54, 1.807) is 23.9 Å². The van der Waals surface area contributed by atoms with Gasteiger partial charge in [-0.15, -0.1) is 0 Å². The molecule has 15 heavy (non-hydrogen) atoms. The Labute approximate surface area is 89.7 Å². The number of nitrogens with zero attached hydrogens (tertiary/aromatic N) is 2. The Balaban J connectivity index is 2.21. The highest BCUT2D eigenvalue weighted by molar-refractivity contribution is 5.06. The van der Waals surface area contributed by atoms with Crippen LogP contribution in [0.2, 0.25) is 0 Å². The van der Waals surface area contributed by atoms with Crippen LogP contribution in [0.5, 0.6) is 0 Å². The Bertz CT molecular complexity index is 326. The molecule has 0 aliphatic carbocycles. The fourth-order valence-electron chi connectivity index (χ4n) is 2.33. The minimum atomic E-state index is -1.33. The fraction of sp³-hybridized carbons (Fsp3) is 0.727. The van der Waals surface area contributed by atoms with Crippen LogP contribution < -0.4 is 5.32 Å². The second-order valence-corrected chi connectivity index (χ2v) is 4.48. The predicted octanol–water partition coefficient (Wildman–Crippen LogP) is 1.60. The first-order valence-corrected chi connectivity index (χ1v) is 5.50. The molecule has 0 spiro atoms. The van der Waals surface area contributed by atoms with Crippen LogP contribution in [-0.4, -0.2) is 22.6 Å². The van der Waals surface area contributed by atoms with Gasteiger partial charge < -0.3 is 9.88 Å². The van der Waals surface area contributed by atoms with Gasteiger partial charge in [-0.3, -0.25) is 0 Å². The molecule has 2 rings (SSSR count). The molecule has 1 N–H and O–H groups in total. The lowest BCUT2D eigenvalue weighted by Crippen LogP contribution is -2.41. The highest BCUT2D eigenvalue weighted by Gasteiger charge is 2.39. The Morgan fingerprint density at radius 2 is 2.47 bits per heavy atom. The number of nitrogens with one attached hydrogen (secondary N) is 1. The lowest BCUT2D eigenvalue weighted by Gasteiger charge is -2.33. The molecule has 0 saturated carbocycles. The second-order valence-electron chi connectivity index (χ2n) is 4.48. The van der Waals surface area contributed by atoms with E-state index in [0.29, 0.717) is 5.82 Å². The zero-order valence-corrected chi connectivity index (χ0v) is 9.33. The molecule has 2 unspecified atom stereocenters. The maximum Gasteiger partial charge on any atom is 0.169 e. The fourth-order valence-corrected chi connectivity index (χ4v) is 2.33. The van der Waals surface area contributed by atoms with Gasteiger partial charge in [-0.1, -0.05) is 0 Å². The lowest BCUT2D eigenvalue weighted by molar-refractivity contribution is 0.0688. The maximum absolute atomic E-state index is 14.7. The average Bonchev–Trinajstić information content (AvgIpc) is 2.66. The number of hydrogen-bond donors (Lipinski definition) is 1. The van der Waals surface area contributed by atoms with Crippen LogP contribution in [0.15, 0.2) is 12.4 Å². The SMILES string of the molecule is Cn1ccnc1C(C)(F)C1CCCNC1. The Kier molecular flexibility index (Phi) is 2.78. The van der Waals surface area contributed by atoms with Crippen LogP contribution in [-0.2, 0) is 12.7 Å². The van der Waals surface area contributed by atoms with Crippen LogP contribution in [0.4, 0.5) is 4.39 Å². The van der Waals surface area contributed by atoms with Crippen LogP contribution >= 0.6 is 0 Å². The van der Waals surface area contributed by atoms with Gasteiger partial charge in [0, 0.05) is 31.9 Å². The summed E-state index contributed by atoms with van der Waals surface area (Å²) in [6, 6.07) is 0. The van der Waals surface area contributed by atoms with Gasteiger partial charge in [0.2, 0.25) is 0 Å². The number of aromatic nitrogens is 2. The van der Waals surface area contributed by atoms with Gasteiger partial charge in [0.15, 0.2) is 5.67 Å². The number of imidazole rings is 1. The summed E-state index contributed by atoms with van der Waals surface area (Å²) in [5, 5.41) is 3.25. The minimum absolute atomic E-state index is 0.0346. The minimum Gasteiger partial charge on any atom is -0.335 e.